The summed E-state index contributed by atoms with van der Waals surface area (Å²) in [7, 11) is 0. The molecule has 0 fully saturated rings. The molecule has 0 unspecified atom stereocenters. The Hall–Kier alpha value is -3.26. The molecular weight excluding hydrogens is 386 g/mol. The quantitative estimate of drug-likeness (QED) is 0.455. The summed E-state index contributed by atoms with van der Waals surface area (Å²) < 4.78 is 1.31. The van der Waals surface area contributed by atoms with Gasteiger partial charge in [-0.15, -0.1) is 0 Å². The topological polar surface area (TPSA) is 88.0 Å². The number of nitrogens with one attached hydrogen (secondary N) is 3. The summed E-state index contributed by atoms with van der Waals surface area (Å²) in [6, 6.07) is 12.7. The molecule has 1 aromatic heterocycles. The van der Waals surface area contributed by atoms with Crippen LogP contribution in [0.5, 0.6) is 0 Å². The lowest BCUT2D eigenvalue weighted by Gasteiger charge is -2.15. The molecule has 0 saturated heterocycles. The smallest absolute Gasteiger partial charge is 0.290 e. The summed E-state index contributed by atoms with van der Waals surface area (Å²) in [5.74, 6) is -0.485. The first kappa shape index (κ1) is 20.5. The van der Waals surface area contributed by atoms with Crippen LogP contribution in [-0.4, -0.2) is 20.8 Å². The number of aromatic nitrogens is 2. The van der Waals surface area contributed by atoms with Crippen molar-refractivity contribution in [3.8, 4) is 0 Å². The number of fused-ring (bicyclic) bond motifs is 1. The van der Waals surface area contributed by atoms with Crippen LogP contribution in [-0.2, 0) is 0 Å². The first-order chi connectivity index (χ1) is 13.8. The number of benzene rings is 2. The van der Waals surface area contributed by atoms with Gasteiger partial charge in [0.15, 0.2) is 10.8 Å². The van der Waals surface area contributed by atoms with E-state index in [1.807, 2.05) is 45.9 Å². The Morgan fingerprint density at radius 1 is 1.07 bits per heavy atom. The summed E-state index contributed by atoms with van der Waals surface area (Å²) in [5, 5.41) is 8.51. The highest BCUT2D eigenvalue weighted by Crippen LogP contribution is 2.16. The number of rotatable bonds is 3. The summed E-state index contributed by atoms with van der Waals surface area (Å²) in [4.78, 5) is 25.4. The molecule has 0 radical (unpaired) electrons. The van der Waals surface area contributed by atoms with E-state index in [1.54, 1.807) is 24.3 Å². The van der Waals surface area contributed by atoms with Crippen molar-refractivity contribution < 1.29 is 4.79 Å². The van der Waals surface area contributed by atoms with Crippen molar-refractivity contribution in [2.75, 3.05) is 5.32 Å². The van der Waals surface area contributed by atoms with Gasteiger partial charge in [0.25, 0.3) is 11.5 Å². The third-order valence-corrected chi connectivity index (χ3v) is 4.67. The number of anilines is 1. The number of thiocarbonyl (C=S) groups is 1. The zero-order valence-corrected chi connectivity index (χ0v) is 17.6. The van der Waals surface area contributed by atoms with Crippen molar-refractivity contribution in [1.82, 2.24) is 20.6 Å². The number of aryl methyl sites for hydroxylation is 2. The van der Waals surface area contributed by atoms with Crippen LogP contribution in [0.15, 0.2) is 47.3 Å². The highest BCUT2D eigenvalue weighted by atomic mass is 32.1. The zero-order valence-electron chi connectivity index (χ0n) is 16.7. The second-order valence-electron chi connectivity index (χ2n) is 7.09. The second kappa shape index (κ2) is 8.40. The molecule has 8 heteroatoms. The zero-order chi connectivity index (χ0) is 21.1. The summed E-state index contributed by atoms with van der Waals surface area (Å²) >= 11 is 5.28. The fourth-order valence-corrected chi connectivity index (χ4v) is 3.08. The molecule has 150 valence electrons. The van der Waals surface area contributed by atoms with Crippen molar-refractivity contribution >= 4 is 39.7 Å². The molecular formula is C21H23N5O2S. The average molecular weight is 410 g/mol. The van der Waals surface area contributed by atoms with Gasteiger partial charge < -0.3 is 5.32 Å². The van der Waals surface area contributed by atoms with Crippen LogP contribution in [0.4, 0.5) is 5.69 Å². The van der Waals surface area contributed by atoms with E-state index < -0.39 is 5.91 Å². The maximum absolute atomic E-state index is 12.8. The van der Waals surface area contributed by atoms with Gasteiger partial charge in [-0.05, 0) is 63.2 Å². The highest BCUT2D eigenvalue weighted by molar-refractivity contribution is 7.80. The van der Waals surface area contributed by atoms with Gasteiger partial charge in [-0.1, -0.05) is 30.3 Å². The van der Waals surface area contributed by atoms with Gasteiger partial charge in [-0.3, -0.25) is 20.4 Å². The van der Waals surface area contributed by atoms with Crippen molar-refractivity contribution in [2.24, 2.45) is 0 Å². The molecule has 0 spiro atoms. The lowest BCUT2D eigenvalue weighted by Crippen LogP contribution is -2.44. The van der Waals surface area contributed by atoms with Crippen LogP contribution in [0.25, 0.3) is 10.8 Å². The minimum absolute atomic E-state index is 0.149. The number of carbonyl (C=O) groups excluding carboxylic acids is 1. The van der Waals surface area contributed by atoms with E-state index in [0.29, 0.717) is 10.8 Å². The largest absolute Gasteiger partial charge is 0.331 e. The summed E-state index contributed by atoms with van der Waals surface area (Å²) in [5.41, 5.74) is 8.16. The molecule has 0 bridgehead atoms. The Labute approximate surface area is 174 Å². The van der Waals surface area contributed by atoms with Gasteiger partial charge in [0.05, 0.1) is 11.4 Å². The molecule has 29 heavy (non-hydrogen) atoms. The predicted octanol–water partition coefficient (Wildman–Crippen LogP) is 3.23. The molecule has 0 aliphatic heterocycles. The van der Waals surface area contributed by atoms with Crippen LogP contribution in [0.3, 0.4) is 0 Å². The molecule has 3 N–H and O–H groups in total. The van der Waals surface area contributed by atoms with E-state index in [1.165, 1.54) is 4.68 Å². The molecule has 3 aromatic rings. The standard InChI is InChI=1S/C21H23N5O2S/c1-12(2)26-20(28)16-8-6-5-7-15(16)18(25-26)19(27)23-24-21(29)22-17-11-13(3)9-10-14(17)4/h5-12H,1-4H3,(H,23,27)(H2,22,24,29). The van der Waals surface area contributed by atoms with Crippen molar-refractivity contribution in [3.05, 3.63) is 69.6 Å². The lowest BCUT2D eigenvalue weighted by molar-refractivity contribution is 0.0938. The maximum Gasteiger partial charge on any atom is 0.290 e. The normalized spacial score (nSPS) is 10.8. The molecule has 0 saturated carbocycles. The SMILES string of the molecule is Cc1ccc(C)c(NC(=S)NNC(=O)c2nn(C(C)C)c(=O)c3ccccc23)c1. The molecule has 0 atom stereocenters. The Morgan fingerprint density at radius 2 is 1.76 bits per heavy atom. The minimum Gasteiger partial charge on any atom is -0.331 e. The van der Waals surface area contributed by atoms with Crippen LogP contribution in [0.2, 0.25) is 0 Å². The van der Waals surface area contributed by atoms with Crippen molar-refractivity contribution in [1.29, 1.82) is 0 Å². The first-order valence-electron chi connectivity index (χ1n) is 9.24. The Kier molecular flexibility index (Phi) is 5.93. The lowest BCUT2D eigenvalue weighted by atomic mass is 10.1. The average Bonchev–Trinajstić information content (AvgIpc) is 2.69. The molecule has 0 aliphatic rings. The van der Waals surface area contributed by atoms with Crippen LogP contribution in [0, 0.1) is 13.8 Å². The molecule has 7 nitrogen and oxygen atoms in total. The summed E-state index contributed by atoms with van der Waals surface area (Å²) in [6.45, 7) is 7.64. The van der Waals surface area contributed by atoms with Crippen LogP contribution in [0.1, 0.15) is 41.5 Å². The van der Waals surface area contributed by atoms with E-state index >= 15 is 0 Å². The maximum atomic E-state index is 12.8. The van der Waals surface area contributed by atoms with Gasteiger partial charge in [0.2, 0.25) is 0 Å². The number of amides is 1. The van der Waals surface area contributed by atoms with Crippen LogP contribution >= 0.6 is 12.2 Å². The molecule has 0 aliphatic carbocycles. The van der Waals surface area contributed by atoms with Crippen molar-refractivity contribution in [3.63, 3.8) is 0 Å². The van der Waals surface area contributed by atoms with Gasteiger partial charge in [0.1, 0.15) is 0 Å². The highest BCUT2D eigenvalue weighted by Gasteiger charge is 2.18. The van der Waals surface area contributed by atoms with E-state index in [9.17, 15) is 9.59 Å². The molecule has 3 rings (SSSR count). The molecule has 1 amide bonds. The predicted molar refractivity (Wildman–Crippen MR) is 119 cm³/mol. The van der Waals surface area contributed by atoms with E-state index in [-0.39, 0.29) is 22.4 Å². The van der Waals surface area contributed by atoms with Gasteiger partial charge in [0, 0.05) is 11.1 Å². The molecule has 1 heterocycles. The number of hydrazine groups is 1. The summed E-state index contributed by atoms with van der Waals surface area (Å²) in [6.07, 6.45) is 0. The molecule has 2 aromatic carbocycles. The van der Waals surface area contributed by atoms with E-state index in [0.717, 1.165) is 16.8 Å². The third kappa shape index (κ3) is 4.43. The first-order valence-corrected chi connectivity index (χ1v) is 9.65. The van der Waals surface area contributed by atoms with Gasteiger partial charge in [-0.25, -0.2) is 4.68 Å². The van der Waals surface area contributed by atoms with Crippen molar-refractivity contribution in [2.45, 2.75) is 33.7 Å². The fraction of sp³-hybridized carbons (Fsp3) is 0.238. The van der Waals surface area contributed by atoms with Gasteiger partial charge in [-0.2, -0.15) is 5.10 Å². The van der Waals surface area contributed by atoms with E-state index in [4.69, 9.17) is 12.2 Å². The number of hydrogen-bond donors (Lipinski definition) is 3. The third-order valence-electron chi connectivity index (χ3n) is 4.46. The Balaban J connectivity index is 1.81. The Bertz CT molecular complexity index is 1150. The van der Waals surface area contributed by atoms with E-state index in [2.05, 4.69) is 21.3 Å². The number of carbonyl (C=O) groups is 1. The van der Waals surface area contributed by atoms with Gasteiger partial charge >= 0.3 is 0 Å². The second-order valence-corrected chi connectivity index (χ2v) is 7.50. The number of nitrogens with zero attached hydrogens (tertiary/aromatic N) is 2. The van der Waals surface area contributed by atoms with Crippen LogP contribution < -0.4 is 21.7 Å². The monoisotopic (exact) mass is 409 g/mol. The fourth-order valence-electron chi connectivity index (χ4n) is 2.92. The number of hydrogen-bond acceptors (Lipinski definition) is 4. The minimum atomic E-state index is -0.485. The Morgan fingerprint density at radius 3 is 2.45 bits per heavy atom.